The van der Waals surface area contributed by atoms with Crippen molar-refractivity contribution in [3.05, 3.63) is 35.9 Å². The van der Waals surface area contributed by atoms with Crippen molar-refractivity contribution in [2.45, 2.75) is 6.61 Å². The third kappa shape index (κ3) is 7.13. The van der Waals surface area contributed by atoms with E-state index in [1.54, 1.807) is 0 Å². The Morgan fingerprint density at radius 3 is 2.40 bits per heavy atom. The Morgan fingerprint density at radius 2 is 1.93 bits per heavy atom. The van der Waals surface area contributed by atoms with Crippen LogP contribution in [0.5, 0.6) is 0 Å². The van der Waals surface area contributed by atoms with E-state index in [9.17, 15) is 4.79 Å². The van der Waals surface area contributed by atoms with E-state index in [0.717, 1.165) is 11.6 Å². The Hall–Kier alpha value is -1.97. The predicted molar refractivity (Wildman–Crippen MR) is 53.7 cm³/mol. The van der Waals surface area contributed by atoms with Crippen molar-refractivity contribution in [2.24, 2.45) is 5.73 Å². The van der Waals surface area contributed by atoms with Gasteiger partial charge in [0, 0.05) is 0 Å². The van der Waals surface area contributed by atoms with E-state index in [1.165, 1.54) is 0 Å². The predicted octanol–water partition coefficient (Wildman–Crippen LogP) is 0.589. The number of esters is 1. The number of hydrogen-bond acceptors (Lipinski definition) is 5. The van der Waals surface area contributed by atoms with Crippen molar-refractivity contribution in [2.75, 3.05) is 6.54 Å². The van der Waals surface area contributed by atoms with E-state index in [-0.39, 0.29) is 12.5 Å². The molecule has 5 heteroatoms. The number of nitrogens with two attached hydrogens (primary N) is 1. The van der Waals surface area contributed by atoms with Crippen LogP contribution in [0.25, 0.3) is 0 Å². The topological polar surface area (TPSA) is 93.2 Å². The molecule has 15 heavy (non-hydrogen) atoms. The lowest BCUT2D eigenvalue weighted by Gasteiger charge is -2.01. The van der Waals surface area contributed by atoms with Gasteiger partial charge in [0.1, 0.15) is 6.61 Å². The van der Waals surface area contributed by atoms with Gasteiger partial charge in [-0.25, -0.2) is 10.2 Å². The molecule has 1 aromatic rings. The Kier molecular flexibility index (Phi) is 7.49. The summed E-state index contributed by atoms with van der Waals surface area (Å²) in [6, 6.07) is 9.49. The van der Waals surface area contributed by atoms with E-state index < -0.39 is 0 Å². The van der Waals surface area contributed by atoms with E-state index in [0.29, 0.717) is 6.61 Å². The number of carbonyl (C=O) groups is 1. The molecule has 0 aliphatic rings. The van der Waals surface area contributed by atoms with Gasteiger partial charge < -0.3 is 10.5 Å². The Morgan fingerprint density at radius 1 is 1.40 bits per heavy atom. The van der Waals surface area contributed by atoms with Crippen LogP contribution in [-0.2, 0) is 20.9 Å². The first kappa shape index (κ1) is 13.0. The van der Waals surface area contributed by atoms with Crippen molar-refractivity contribution in [3.8, 4) is 0 Å². The van der Waals surface area contributed by atoms with Crippen LogP contribution in [0.2, 0.25) is 0 Å². The third-order valence-electron chi connectivity index (χ3n) is 1.41. The lowest BCUT2D eigenvalue weighted by molar-refractivity contribution is -0.143. The van der Waals surface area contributed by atoms with Crippen molar-refractivity contribution < 1.29 is 14.3 Å². The fraction of sp³-hybridized carbons (Fsp3) is 0.200. The summed E-state index contributed by atoms with van der Waals surface area (Å²) in [7, 11) is 0. The molecule has 0 aliphatic carbocycles. The SMILES string of the molecule is N=C=O.NCC(=O)OCc1ccccc1. The molecule has 0 amide bonds. The van der Waals surface area contributed by atoms with E-state index in [2.05, 4.69) is 0 Å². The first-order valence-corrected chi connectivity index (χ1v) is 4.18. The van der Waals surface area contributed by atoms with Crippen LogP contribution in [0.3, 0.4) is 0 Å². The third-order valence-corrected chi connectivity index (χ3v) is 1.41. The van der Waals surface area contributed by atoms with Crippen LogP contribution in [0.4, 0.5) is 0 Å². The largest absolute Gasteiger partial charge is 0.460 e. The summed E-state index contributed by atoms with van der Waals surface area (Å²) in [4.78, 5) is 19.0. The van der Waals surface area contributed by atoms with E-state index >= 15 is 0 Å². The monoisotopic (exact) mass is 208 g/mol. The highest BCUT2D eigenvalue weighted by molar-refractivity contribution is 5.71. The molecule has 3 N–H and O–H groups in total. The smallest absolute Gasteiger partial charge is 0.320 e. The second kappa shape index (κ2) is 8.62. The lowest BCUT2D eigenvalue weighted by Crippen LogP contribution is -2.16. The maximum absolute atomic E-state index is 10.6. The molecule has 0 atom stereocenters. The van der Waals surface area contributed by atoms with Gasteiger partial charge in [-0.15, -0.1) is 0 Å². The fourth-order valence-corrected chi connectivity index (χ4v) is 0.797. The minimum absolute atomic E-state index is 0.0627. The summed E-state index contributed by atoms with van der Waals surface area (Å²) < 4.78 is 4.81. The zero-order valence-electron chi connectivity index (χ0n) is 8.10. The molecular weight excluding hydrogens is 196 g/mol. The highest BCUT2D eigenvalue weighted by atomic mass is 16.5. The summed E-state index contributed by atoms with van der Waals surface area (Å²) in [5, 5.41) is 5.40. The van der Waals surface area contributed by atoms with Gasteiger partial charge in [-0.3, -0.25) is 4.79 Å². The molecule has 0 heterocycles. The van der Waals surface area contributed by atoms with Gasteiger partial charge >= 0.3 is 5.97 Å². The van der Waals surface area contributed by atoms with Crippen molar-refractivity contribution in [3.63, 3.8) is 0 Å². The zero-order chi connectivity index (χ0) is 11.5. The number of nitrogens with one attached hydrogen (secondary N) is 1. The summed E-state index contributed by atoms with van der Waals surface area (Å²) in [5.41, 5.74) is 6.03. The second-order valence-corrected chi connectivity index (χ2v) is 2.45. The van der Waals surface area contributed by atoms with Gasteiger partial charge in [0.15, 0.2) is 0 Å². The van der Waals surface area contributed by atoms with Gasteiger partial charge in [0.05, 0.1) is 6.54 Å². The molecule has 0 unspecified atom stereocenters. The Balaban J connectivity index is 0.000000583. The molecule has 0 radical (unpaired) electrons. The number of benzene rings is 1. The molecule has 0 bridgehead atoms. The Labute approximate surface area is 87.4 Å². The zero-order valence-corrected chi connectivity index (χ0v) is 8.10. The first-order valence-electron chi connectivity index (χ1n) is 4.18. The summed E-state index contributed by atoms with van der Waals surface area (Å²) >= 11 is 0. The normalized spacial score (nSPS) is 8.07. The lowest BCUT2D eigenvalue weighted by atomic mass is 10.2. The van der Waals surface area contributed by atoms with Gasteiger partial charge in [-0.2, -0.15) is 0 Å². The highest BCUT2D eigenvalue weighted by Crippen LogP contribution is 1.99. The quantitative estimate of drug-likeness (QED) is 0.432. The van der Waals surface area contributed by atoms with Gasteiger partial charge in [0.2, 0.25) is 6.08 Å². The minimum Gasteiger partial charge on any atom is -0.460 e. The average molecular weight is 208 g/mol. The maximum atomic E-state index is 10.6. The Bertz CT molecular complexity index is 319. The molecule has 1 aromatic carbocycles. The molecule has 5 nitrogen and oxygen atoms in total. The minimum atomic E-state index is -0.376. The van der Waals surface area contributed by atoms with Gasteiger partial charge in [-0.1, -0.05) is 30.3 Å². The molecule has 0 aromatic heterocycles. The molecule has 0 saturated heterocycles. The molecular formula is C10H12N2O3. The summed E-state index contributed by atoms with van der Waals surface area (Å²) in [5.74, 6) is -0.376. The van der Waals surface area contributed by atoms with Crippen LogP contribution in [0.1, 0.15) is 5.56 Å². The molecule has 1 rings (SSSR count). The van der Waals surface area contributed by atoms with Crippen molar-refractivity contribution in [1.29, 1.82) is 5.41 Å². The molecule has 80 valence electrons. The van der Waals surface area contributed by atoms with Crippen LogP contribution in [-0.4, -0.2) is 18.6 Å². The van der Waals surface area contributed by atoms with Crippen molar-refractivity contribution in [1.82, 2.24) is 0 Å². The van der Waals surface area contributed by atoms with Crippen LogP contribution in [0, 0.1) is 5.41 Å². The molecule has 0 fully saturated rings. The average Bonchev–Trinajstić information content (AvgIpc) is 2.28. The van der Waals surface area contributed by atoms with E-state index in [4.69, 9.17) is 20.7 Å². The fourth-order valence-electron chi connectivity index (χ4n) is 0.797. The molecule has 0 spiro atoms. The van der Waals surface area contributed by atoms with Crippen LogP contribution < -0.4 is 5.73 Å². The number of rotatable bonds is 3. The molecule has 0 aliphatic heterocycles. The van der Waals surface area contributed by atoms with Crippen molar-refractivity contribution >= 4 is 12.0 Å². The number of isocyanates is 1. The van der Waals surface area contributed by atoms with Gasteiger partial charge in [0.25, 0.3) is 0 Å². The highest BCUT2D eigenvalue weighted by Gasteiger charge is 1.97. The first-order chi connectivity index (χ1) is 7.24. The maximum Gasteiger partial charge on any atom is 0.320 e. The summed E-state index contributed by atoms with van der Waals surface area (Å²) in [6.07, 6.45) is 0.750. The number of hydrogen-bond donors (Lipinski definition) is 2. The van der Waals surface area contributed by atoms with E-state index in [1.807, 2.05) is 30.3 Å². The summed E-state index contributed by atoms with van der Waals surface area (Å²) in [6.45, 7) is 0.240. The van der Waals surface area contributed by atoms with Gasteiger partial charge in [-0.05, 0) is 5.56 Å². The van der Waals surface area contributed by atoms with Crippen LogP contribution >= 0.6 is 0 Å². The number of ether oxygens (including phenoxy) is 1. The van der Waals surface area contributed by atoms with Crippen LogP contribution in [0.15, 0.2) is 30.3 Å². The standard InChI is InChI=1S/C9H11NO2.CHNO/c10-6-9(11)12-7-8-4-2-1-3-5-8;2-1-3/h1-5H,6-7,10H2;2H. The second-order valence-electron chi connectivity index (χ2n) is 2.45. The molecule has 0 saturated carbocycles. The number of carbonyl (C=O) groups excluding carboxylic acids is 2.